The maximum absolute atomic E-state index is 12.7. The lowest BCUT2D eigenvalue weighted by Gasteiger charge is -2.34. The van der Waals surface area contributed by atoms with Crippen molar-refractivity contribution >= 4 is 17.5 Å². The number of pyridine rings is 1. The Balaban J connectivity index is 1.61. The molecule has 3 heterocycles. The van der Waals surface area contributed by atoms with Gasteiger partial charge in [-0.3, -0.25) is 9.69 Å². The Hall–Kier alpha value is -3.05. The zero-order valence-electron chi connectivity index (χ0n) is 16.7. The maximum atomic E-state index is 12.7. The molecule has 0 radical (unpaired) electrons. The summed E-state index contributed by atoms with van der Waals surface area (Å²) in [6, 6.07) is 3.77. The molecule has 8 heteroatoms. The molecule has 150 valence electrons. The van der Waals surface area contributed by atoms with Crippen LogP contribution in [-0.2, 0) is 9.53 Å². The molecular weight excluding hydrogens is 368 g/mol. The SMILES string of the molecule is CO[C@H]1CC[C@H](CN2C(=O)CNc3ncc(-c4cnc(C#N)cc4C)nc32)CC1. The van der Waals surface area contributed by atoms with E-state index in [1.165, 1.54) is 0 Å². The van der Waals surface area contributed by atoms with Crippen molar-refractivity contribution in [3.8, 4) is 17.3 Å². The molecule has 1 fully saturated rings. The number of amides is 1. The predicted molar refractivity (Wildman–Crippen MR) is 108 cm³/mol. The molecule has 1 saturated carbocycles. The number of nitrogens with one attached hydrogen (secondary N) is 1. The van der Waals surface area contributed by atoms with E-state index in [0.29, 0.717) is 41.6 Å². The first-order valence-electron chi connectivity index (χ1n) is 9.90. The summed E-state index contributed by atoms with van der Waals surface area (Å²) in [4.78, 5) is 27.9. The lowest BCUT2D eigenvalue weighted by Crippen LogP contribution is -2.44. The minimum atomic E-state index is 0.00694. The molecule has 2 aromatic rings. The minimum absolute atomic E-state index is 0.00694. The summed E-state index contributed by atoms with van der Waals surface area (Å²) in [5, 5.41) is 12.1. The summed E-state index contributed by atoms with van der Waals surface area (Å²) >= 11 is 0. The summed E-state index contributed by atoms with van der Waals surface area (Å²) in [6.45, 7) is 2.78. The zero-order chi connectivity index (χ0) is 20.4. The van der Waals surface area contributed by atoms with Crippen molar-refractivity contribution in [1.82, 2.24) is 15.0 Å². The number of hydrogen-bond acceptors (Lipinski definition) is 7. The van der Waals surface area contributed by atoms with E-state index in [-0.39, 0.29) is 12.5 Å². The molecule has 0 atom stereocenters. The molecule has 0 spiro atoms. The Morgan fingerprint density at radius 2 is 2.07 bits per heavy atom. The van der Waals surface area contributed by atoms with Crippen LogP contribution in [0.3, 0.4) is 0 Å². The summed E-state index contributed by atoms with van der Waals surface area (Å²) in [6.07, 6.45) is 7.77. The second kappa shape index (κ2) is 8.13. The number of aryl methyl sites for hydroxylation is 1. The molecule has 0 saturated heterocycles. The van der Waals surface area contributed by atoms with Crippen LogP contribution in [0.1, 0.15) is 36.9 Å². The van der Waals surface area contributed by atoms with Crippen LogP contribution in [0, 0.1) is 24.2 Å². The Labute approximate surface area is 169 Å². The molecule has 2 aromatic heterocycles. The molecule has 1 aliphatic carbocycles. The monoisotopic (exact) mass is 392 g/mol. The van der Waals surface area contributed by atoms with Crippen molar-refractivity contribution in [1.29, 1.82) is 5.26 Å². The maximum Gasteiger partial charge on any atom is 0.247 e. The van der Waals surface area contributed by atoms with Gasteiger partial charge in [0.25, 0.3) is 0 Å². The van der Waals surface area contributed by atoms with E-state index in [0.717, 1.165) is 36.8 Å². The molecule has 0 unspecified atom stereocenters. The van der Waals surface area contributed by atoms with E-state index < -0.39 is 0 Å². The number of methoxy groups -OCH3 is 1. The number of fused-ring (bicyclic) bond motifs is 1. The number of carbonyl (C=O) groups is 1. The average Bonchev–Trinajstić information content (AvgIpc) is 2.76. The first-order chi connectivity index (χ1) is 14.1. The van der Waals surface area contributed by atoms with Crippen LogP contribution >= 0.6 is 0 Å². The molecule has 2 aliphatic rings. The van der Waals surface area contributed by atoms with Crippen molar-refractivity contribution in [3.63, 3.8) is 0 Å². The first-order valence-corrected chi connectivity index (χ1v) is 9.90. The van der Waals surface area contributed by atoms with E-state index in [4.69, 9.17) is 15.0 Å². The molecule has 0 aromatic carbocycles. The topological polar surface area (TPSA) is 104 Å². The quantitative estimate of drug-likeness (QED) is 0.853. The van der Waals surface area contributed by atoms with Gasteiger partial charge >= 0.3 is 0 Å². The van der Waals surface area contributed by atoms with Crippen molar-refractivity contribution in [2.45, 2.75) is 38.7 Å². The van der Waals surface area contributed by atoms with Crippen LogP contribution in [0.25, 0.3) is 11.3 Å². The lowest BCUT2D eigenvalue weighted by molar-refractivity contribution is -0.117. The average molecular weight is 392 g/mol. The second-order valence-electron chi connectivity index (χ2n) is 7.66. The number of hydrogen-bond donors (Lipinski definition) is 1. The summed E-state index contributed by atoms with van der Waals surface area (Å²) in [5.41, 5.74) is 2.70. The van der Waals surface area contributed by atoms with Gasteiger partial charge in [-0.05, 0) is 50.2 Å². The Morgan fingerprint density at radius 3 is 2.76 bits per heavy atom. The Bertz CT molecular complexity index is 962. The van der Waals surface area contributed by atoms with Crippen molar-refractivity contribution in [2.75, 3.05) is 30.4 Å². The van der Waals surface area contributed by atoms with E-state index >= 15 is 0 Å². The van der Waals surface area contributed by atoms with Crippen molar-refractivity contribution in [3.05, 3.63) is 29.7 Å². The van der Waals surface area contributed by atoms with Crippen LogP contribution in [0.4, 0.5) is 11.6 Å². The van der Waals surface area contributed by atoms with Gasteiger partial charge in [0.1, 0.15) is 11.8 Å². The van der Waals surface area contributed by atoms with Gasteiger partial charge in [0, 0.05) is 25.4 Å². The number of ether oxygens (including phenoxy) is 1. The number of nitriles is 1. The fourth-order valence-corrected chi connectivity index (χ4v) is 4.08. The van der Waals surface area contributed by atoms with Crippen LogP contribution in [0.2, 0.25) is 0 Å². The number of nitrogens with zero attached hydrogens (tertiary/aromatic N) is 5. The third-order valence-electron chi connectivity index (χ3n) is 5.79. The van der Waals surface area contributed by atoms with Gasteiger partial charge in [0.05, 0.1) is 24.5 Å². The zero-order valence-corrected chi connectivity index (χ0v) is 16.7. The highest BCUT2D eigenvalue weighted by molar-refractivity contribution is 6.00. The van der Waals surface area contributed by atoms with Crippen LogP contribution in [0.5, 0.6) is 0 Å². The summed E-state index contributed by atoms with van der Waals surface area (Å²) in [7, 11) is 1.76. The highest BCUT2D eigenvalue weighted by Crippen LogP contribution is 2.33. The number of carbonyl (C=O) groups excluding carboxylic acids is 1. The van der Waals surface area contributed by atoms with Gasteiger partial charge in [-0.2, -0.15) is 5.26 Å². The highest BCUT2D eigenvalue weighted by atomic mass is 16.5. The van der Waals surface area contributed by atoms with E-state index in [1.54, 1.807) is 30.5 Å². The molecular formula is C21H24N6O2. The number of rotatable bonds is 4. The smallest absolute Gasteiger partial charge is 0.247 e. The molecule has 29 heavy (non-hydrogen) atoms. The van der Waals surface area contributed by atoms with Gasteiger partial charge in [0.15, 0.2) is 11.6 Å². The van der Waals surface area contributed by atoms with Crippen molar-refractivity contribution in [2.24, 2.45) is 5.92 Å². The van der Waals surface area contributed by atoms with Crippen LogP contribution in [-0.4, -0.2) is 47.2 Å². The largest absolute Gasteiger partial charge is 0.381 e. The Kier molecular flexibility index (Phi) is 5.41. The highest BCUT2D eigenvalue weighted by Gasteiger charge is 2.31. The number of aromatic nitrogens is 3. The van der Waals surface area contributed by atoms with E-state index in [9.17, 15) is 4.79 Å². The molecule has 8 nitrogen and oxygen atoms in total. The minimum Gasteiger partial charge on any atom is -0.381 e. The third kappa shape index (κ3) is 3.91. The summed E-state index contributed by atoms with van der Waals surface area (Å²) < 4.78 is 5.46. The first kappa shape index (κ1) is 19.3. The van der Waals surface area contributed by atoms with E-state index in [2.05, 4.69) is 15.3 Å². The normalized spacial score (nSPS) is 21.3. The standard InChI is InChI=1S/C21H24N6O2/c1-13-7-15(8-22)23-9-17(13)18-10-24-20-21(26-18)27(19(28)11-25-20)12-14-3-5-16(29-2)6-4-14/h7,9-10,14,16H,3-6,11-12H2,1-2H3,(H,24,25)/t14-,16-. The van der Waals surface area contributed by atoms with Crippen LogP contribution < -0.4 is 10.2 Å². The van der Waals surface area contributed by atoms with Crippen LogP contribution in [0.15, 0.2) is 18.5 Å². The Morgan fingerprint density at radius 1 is 1.28 bits per heavy atom. The van der Waals surface area contributed by atoms with E-state index in [1.807, 2.05) is 13.0 Å². The number of anilines is 2. The van der Waals surface area contributed by atoms with Gasteiger partial charge in [-0.1, -0.05) is 0 Å². The predicted octanol–water partition coefficient (Wildman–Crippen LogP) is 2.68. The van der Waals surface area contributed by atoms with Gasteiger partial charge in [-0.25, -0.2) is 15.0 Å². The third-order valence-corrected chi connectivity index (χ3v) is 5.79. The molecule has 1 aliphatic heterocycles. The molecule has 4 rings (SSSR count). The second-order valence-corrected chi connectivity index (χ2v) is 7.66. The fourth-order valence-electron chi connectivity index (χ4n) is 4.08. The van der Waals surface area contributed by atoms with Gasteiger partial charge < -0.3 is 10.1 Å². The lowest BCUT2D eigenvalue weighted by atomic mass is 9.87. The molecule has 0 bridgehead atoms. The fraction of sp³-hybridized carbons (Fsp3) is 0.476. The molecule has 1 N–H and O–H groups in total. The van der Waals surface area contributed by atoms with Gasteiger partial charge in [-0.15, -0.1) is 0 Å². The summed E-state index contributed by atoms with van der Waals surface area (Å²) in [5.74, 6) is 1.63. The van der Waals surface area contributed by atoms with Crippen molar-refractivity contribution < 1.29 is 9.53 Å². The molecule has 1 amide bonds. The van der Waals surface area contributed by atoms with Gasteiger partial charge in [0.2, 0.25) is 5.91 Å².